The molecule has 0 saturated carbocycles. The van der Waals surface area contributed by atoms with Crippen LogP contribution < -0.4 is 0 Å². The summed E-state index contributed by atoms with van der Waals surface area (Å²) in [5.41, 5.74) is 4.45. The van der Waals surface area contributed by atoms with E-state index in [4.69, 9.17) is 4.74 Å². The van der Waals surface area contributed by atoms with Crippen molar-refractivity contribution in [1.29, 1.82) is 0 Å². The average Bonchev–Trinajstić information content (AvgIpc) is 2.82. The first kappa shape index (κ1) is 19.6. The molecule has 0 aliphatic heterocycles. The van der Waals surface area contributed by atoms with E-state index in [9.17, 15) is 9.59 Å². The lowest BCUT2D eigenvalue weighted by Gasteiger charge is -2.21. The number of Topliss-reactive ketones (excluding diaryl/α,β-unsaturated/α-hetero) is 1. The van der Waals surface area contributed by atoms with E-state index in [2.05, 4.69) is 15.9 Å². The number of halogens is 1. The van der Waals surface area contributed by atoms with Gasteiger partial charge in [0, 0.05) is 21.8 Å². The summed E-state index contributed by atoms with van der Waals surface area (Å²) in [5.74, 6) is 0.0285. The first-order valence-electron chi connectivity index (χ1n) is 9.53. The number of nitrogens with zero attached hydrogens (tertiary/aromatic N) is 1. The van der Waals surface area contributed by atoms with Crippen LogP contribution in [0.3, 0.4) is 0 Å². The van der Waals surface area contributed by atoms with Crippen LogP contribution >= 0.6 is 15.9 Å². The molecule has 4 rings (SSSR count). The van der Waals surface area contributed by atoms with Crippen LogP contribution in [0.15, 0.2) is 52.5 Å². The summed E-state index contributed by atoms with van der Waals surface area (Å²) in [7, 11) is 0. The lowest BCUT2D eigenvalue weighted by Crippen LogP contribution is -2.27. The maximum atomic E-state index is 13.3. The van der Waals surface area contributed by atoms with Crippen LogP contribution in [0.1, 0.15) is 38.8 Å². The Balaban J connectivity index is 2.10. The Bertz CT molecular complexity index is 1190. The zero-order chi connectivity index (χ0) is 20.9. The molecule has 0 amide bonds. The summed E-state index contributed by atoms with van der Waals surface area (Å²) in [6, 6.07) is 13.7. The number of allylic oxidation sites excluding steroid dienone is 1. The highest BCUT2D eigenvalue weighted by molar-refractivity contribution is 9.10. The first-order chi connectivity index (χ1) is 13.7. The van der Waals surface area contributed by atoms with Gasteiger partial charge in [-0.25, -0.2) is 9.36 Å². The molecular formula is C24H22BrNO3. The number of ketones is 1. The third-order valence-corrected chi connectivity index (χ3v) is 5.47. The van der Waals surface area contributed by atoms with Crippen molar-refractivity contribution < 1.29 is 14.3 Å². The molecule has 0 atom stereocenters. The second-order valence-electron chi connectivity index (χ2n) is 8.29. The second kappa shape index (κ2) is 6.99. The Kier molecular flexibility index (Phi) is 4.74. The van der Waals surface area contributed by atoms with Crippen LogP contribution in [0.4, 0.5) is 4.79 Å². The Morgan fingerprint density at radius 3 is 2.52 bits per heavy atom. The molecule has 2 aromatic carbocycles. The SMILES string of the molecule is CC(=O)C1=Cc2ccccc2-c2c(c3cc(Br)ccc3n2C(=O)OC(C)(C)C)C1. The second-order valence-corrected chi connectivity index (χ2v) is 9.21. The molecule has 0 saturated heterocycles. The summed E-state index contributed by atoms with van der Waals surface area (Å²) < 4.78 is 8.31. The normalized spacial score (nSPS) is 13.3. The van der Waals surface area contributed by atoms with E-state index in [1.807, 2.05) is 69.3 Å². The quantitative estimate of drug-likeness (QED) is 0.430. The summed E-state index contributed by atoms with van der Waals surface area (Å²) in [4.78, 5) is 25.6. The molecule has 0 bridgehead atoms. The van der Waals surface area contributed by atoms with Crippen LogP contribution in [-0.2, 0) is 16.0 Å². The van der Waals surface area contributed by atoms with E-state index in [1.54, 1.807) is 11.5 Å². The Morgan fingerprint density at radius 2 is 1.83 bits per heavy atom. The molecule has 5 heteroatoms. The highest BCUT2D eigenvalue weighted by Gasteiger charge is 2.29. The lowest BCUT2D eigenvalue weighted by molar-refractivity contribution is -0.113. The van der Waals surface area contributed by atoms with Gasteiger partial charge in [0.1, 0.15) is 5.60 Å². The molecule has 4 nitrogen and oxygen atoms in total. The van der Waals surface area contributed by atoms with Crippen molar-refractivity contribution in [2.75, 3.05) is 0 Å². The summed E-state index contributed by atoms with van der Waals surface area (Å²) in [6.07, 6.45) is 1.97. The van der Waals surface area contributed by atoms with Crippen molar-refractivity contribution in [2.24, 2.45) is 0 Å². The monoisotopic (exact) mass is 451 g/mol. The predicted octanol–water partition coefficient (Wildman–Crippen LogP) is 6.38. The van der Waals surface area contributed by atoms with Gasteiger partial charge in [-0.15, -0.1) is 0 Å². The molecule has 1 aliphatic rings. The van der Waals surface area contributed by atoms with Gasteiger partial charge >= 0.3 is 6.09 Å². The maximum Gasteiger partial charge on any atom is 0.419 e. The lowest BCUT2D eigenvalue weighted by atomic mass is 10.00. The van der Waals surface area contributed by atoms with Crippen molar-refractivity contribution in [3.63, 3.8) is 0 Å². The maximum absolute atomic E-state index is 13.3. The molecular weight excluding hydrogens is 430 g/mol. The third kappa shape index (κ3) is 3.55. The van der Waals surface area contributed by atoms with Crippen molar-refractivity contribution in [1.82, 2.24) is 4.57 Å². The summed E-state index contributed by atoms with van der Waals surface area (Å²) >= 11 is 3.54. The van der Waals surface area contributed by atoms with Gasteiger partial charge in [-0.3, -0.25) is 4.79 Å². The number of fused-ring (bicyclic) bond motifs is 5. The summed E-state index contributed by atoms with van der Waals surface area (Å²) in [5, 5.41) is 0.934. The molecule has 0 fully saturated rings. The molecule has 0 unspecified atom stereocenters. The van der Waals surface area contributed by atoms with Crippen LogP contribution in [0.25, 0.3) is 28.2 Å². The molecule has 1 heterocycles. The van der Waals surface area contributed by atoms with Gasteiger partial charge in [0.2, 0.25) is 0 Å². The van der Waals surface area contributed by atoms with Gasteiger partial charge in [0.05, 0.1) is 11.2 Å². The van der Waals surface area contributed by atoms with Gasteiger partial charge in [0.25, 0.3) is 0 Å². The zero-order valence-electron chi connectivity index (χ0n) is 16.9. The van der Waals surface area contributed by atoms with Crippen molar-refractivity contribution in [3.8, 4) is 11.3 Å². The largest absolute Gasteiger partial charge is 0.443 e. The fraction of sp³-hybridized carbons (Fsp3) is 0.250. The number of benzene rings is 2. The molecule has 1 aliphatic carbocycles. The predicted molar refractivity (Wildman–Crippen MR) is 119 cm³/mol. The number of carbonyl (C=O) groups excluding carboxylic acids is 2. The van der Waals surface area contributed by atoms with E-state index in [0.717, 1.165) is 43.3 Å². The van der Waals surface area contributed by atoms with Crippen molar-refractivity contribution in [3.05, 3.63) is 63.6 Å². The molecule has 29 heavy (non-hydrogen) atoms. The topological polar surface area (TPSA) is 48.3 Å². The Morgan fingerprint density at radius 1 is 1.10 bits per heavy atom. The Hall–Kier alpha value is -2.66. The molecule has 3 aromatic rings. The smallest absolute Gasteiger partial charge is 0.419 e. The van der Waals surface area contributed by atoms with Gasteiger partial charge in [-0.1, -0.05) is 40.2 Å². The van der Waals surface area contributed by atoms with E-state index in [0.29, 0.717) is 6.42 Å². The Labute approximate surface area is 178 Å². The molecule has 0 N–H and O–H groups in total. The van der Waals surface area contributed by atoms with E-state index >= 15 is 0 Å². The number of hydrogen-bond acceptors (Lipinski definition) is 3. The summed E-state index contributed by atoms with van der Waals surface area (Å²) in [6.45, 7) is 7.15. The number of ether oxygens (including phenoxy) is 1. The van der Waals surface area contributed by atoms with Crippen LogP contribution in [0.5, 0.6) is 0 Å². The fourth-order valence-corrected chi connectivity index (χ4v) is 4.14. The minimum Gasteiger partial charge on any atom is -0.443 e. The van der Waals surface area contributed by atoms with Crippen LogP contribution in [0.2, 0.25) is 0 Å². The number of rotatable bonds is 1. The van der Waals surface area contributed by atoms with Gasteiger partial charge in [0.15, 0.2) is 5.78 Å². The van der Waals surface area contributed by atoms with Gasteiger partial charge in [-0.2, -0.15) is 0 Å². The zero-order valence-corrected chi connectivity index (χ0v) is 18.5. The van der Waals surface area contributed by atoms with Gasteiger partial charge < -0.3 is 4.74 Å². The first-order valence-corrected chi connectivity index (χ1v) is 10.3. The standard InChI is InChI=1S/C24H22BrNO3/c1-14(27)16-11-15-7-5-6-8-18(15)22-20(12-16)19-13-17(25)9-10-21(19)26(22)23(28)29-24(2,3)4/h5-11,13H,12H2,1-4H3. The fourth-order valence-electron chi connectivity index (χ4n) is 3.78. The van der Waals surface area contributed by atoms with Crippen molar-refractivity contribution in [2.45, 2.75) is 39.7 Å². The molecule has 148 valence electrons. The number of carbonyl (C=O) groups is 2. The van der Waals surface area contributed by atoms with Crippen molar-refractivity contribution >= 4 is 44.8 Å². The van der Waals surface area contributed by atoms with E-state index in [1.165, 1.54) is 0 Å². The minimum atomic E-state index is -0.622. The number of hydrogen-bond donors (Lipinski definition) is 0. The van der Waals surface area contributed by atoms with Crippen LogP contribution in [-0.4, -0.2) is 22.0 Å². The van der Waals surface area contributed by atoms with E-state index in [-0.39, 0.29) is 5.78 Å². The highest BCUT2D eigenvalue weighted by Crippen LogP contribution is 2.41. The third-order valence-electron chi connectivity index (χ3n) is 4.98. The molecule has 0 spiro atoms. The number of aromatic nitrogens is 1. The van der Waals surface area contributed by atoms with E-state index < -0.39 is 11.7 Å². The average molecular weight is 452 g/mol. The minimum absolute atomic E-state index is 0.0285. The highest BCUT2D eigenvalue weighted by atomic mass is 79.9. The van der Waals surface area contributed by atoms with Gasteiger partial charge in [-0.05, 0) is 68.7 Å². The molecule has 1 aromatic heterocycles. The van der Waals surface area contributed by atoms with Crippen LogP contribution in [0, 0.1) is 0 Å². The molecule has 0 radical (unpaired) electrons.